The van der Waals surface area contributed by atoms with Crippen molar-refractivity contribution in [1.29, 1.82) is 0 Å². The minimum atomic E-state index is -0.0639. The molecule has 156 valence electrons. The molecule has 1 fully saturated rings. The number of hydrogen-bond acceptors (Lipinski definition) is 7. The highest BCUT2D eigenvalue weighted by Gasteiger charge is 2.30. The Morgan fingerprint density at radius 2 is 2.13 bits per heavy atom. The lowest BCUT2D eigenvalue weighted by molar-refractivity contribution is -0.134. The molecule has 0 unspecified atom stereocenters. The average molecular weight is 409 g/mol. The van der Waals surface area contributed by atoms with Crippen molar-refractivity contribution in [3.8, 4) is 22.8 Å². The molecule has 0 spiro atoms. The third-order valence-electron chi connectivity index (χ3n) is 5.92. The number of carbonyl (C=O) groups excluding carboxylic acids is 1. The number of aromatic nitrogens is 2. The largest absolute Gasteiger partial charge is 0.507 e. The van der Waals surface area contributed by atoms with Crippen molar-refractivity contribution < 1.29 is 24.2 Å². The SMILES string of the molecule is Cc1cc2c(c(O)c1-c1ccc3oc([C@H]4CCC(=O)N(CCO)C4)nc3n1)CCO2. The number of rotatable bonds is 4. The Morgan fingerprint density at radius 1 is 1.27 bits per heavy atom. The molecule has 2 aliphatic rings. The summed E-state index contributed by atoms with van der Waals surface area (Å²) in [4.78, 5) is 22.9. The number of likely N-dealkylation sites (tertiary alicyclic amines) is 1. The molecule has 1 aromatic carbocycles. The minimum absolute atomic E-state index is 0.0285. The number of aliphatic hydroxyl groups is 1. The number of piperidine rings is 1. The van der Waals surface area contributed by atoms with E-state index in [1.54, 1.807) is 4.90 Å². The van der Waals surface area contributed by atoms with Gasteiger partial charge in [-0.3, -0.25) is 4.79 Å². The third-order valence-corrected chi connectivity index (χ3v) is 5.92. The van der Waals surface area contributed by atoms with Gasteiger partial charge in [-0.15, -0.1) is 0 Å². The topological polar surface area (TPSA) is 109 Å². The van der Waals surface area contributed by atoms with E-state index in [4.69, 9.17) is 9.15 Å². The fraction of sp³-hybridized carbons (Fsp3) is 0.409. The summed E-state index contributed by atoms with van der Waals surface area (Å²) in [6.07, 6.45) is 1.74. The number of nitrogens with zero attached hydrogens (tertiary/aromatic N) is 3. The average Bonchev–Trinajstić information content (AvgIpc) is 3.36. The highest BCUT2D eigenvalue weighted by atomic mass is 16.5. The van der Waals surface area contributed by atoms with E-state index >= 15 is 0 Å². The Balaban J connectivity index is 1.49. The number of amides is 1. The van der Waals surface area contributed by atoms with Crippen LogP contribution in [-0.4, -0.2) is 57.3 Å². The van der Waals surface area contributed by atoms with E-state index < -0.39 is 0 Å². The van der Waals surface area contributed by atoms with E-state index in [1.807, 2.05) is 25.1 Å². The Bertz CT molecular complexity index is 1140. The van der Waals surface area contributed by atoms with Gasteiger partial charge in [-0.05, 0) is 37.1 Å². The van der Waals surface area contributed by atoms with Crippen LogP contribution in [0.25, 0.3) is 22.5 Å². The molecule has 2 aromatic heterocycles. The van der Waals surface area contributed by atoms with Gasteiger partial charge < -0.3 is 24.3 Å². The Labute approximate surface area is 173 Å². The molecule has 0 aliphatic carbocycles. The van der Waals surface area contributed by atoms with Crippen LogP contribution in [0.3, 0.4) is 0 Å². The molecule has 0 saturated carbocycles. The molecule has 2 N–H and O–H groups in total. The van der Waals surface area contributed by atoms with Crippen molar-refractivity contribution in [2.45, 2.75) is 32.1 Å². The van der Waals surface area contributed by atoms with Gasteiger partial charge in [0.15, 0.2) is 11.2 Å². The Kier molecular flexibility index (Phi) is 4.58. The number of hydrogen-bond donors (Lipinski definition) is 2. The smallest absolute Gasteiger partial charge is 0.222 e. The zero-order chi connectivity index (χ0) is 20.8. The van der Waals surface area contributed by atoms with Crippen molar-refractivity contribution >= 4 is 17.1 Å². The first-order chi connectivity index (χ1) is 14.5. The van der Waals surface area contributed by atoms with Crippen LogP contribution in [0, 0.1) is 6.92 Å². The Morgan fingerprint density at radius 3 is 2.97 bits per heavy atom. The van der Waals surface area contributed by atoms with Crippen molar-refractivity contribution in [1.82, 2.24) is 14.9 Å². The second kappa shape index (κ2) is 7.28. The molecule has 8 nitrogen and oxygen atoms in total. The lowest BCUT2D eigenvalue weighted by Gasteiger charge is -2.30. The van der Waals surface area contributed by atoms with Gasteiger partial charge in [-0.1, -0.05) is 0 Å². The Hall–Kier alpha value is -3.13. The van der Waals surface area contributed by atoms with Gasteiger partial charge in [-0.25, -0.2) is 4.98 Å². The van der Waals surface area contributed by atoms with Crippen LogP contribution in [0.1, 0.15) is 35.8 Å². The first kappa shape index (κ1) is 18.9. The number of aliphatic hydroxyl groups excluding tert-OH is 1. The lowest BCUT2D eigenvalue weighted by Crippen LogP contribution is -2.40. The maximum absolute atomic E-state index is 12.0. The van der Waals surface area contributed by atoms with Crippen LogP contribution in [0.5, 0.6) is 11.5 Å². The number of fused-ring (bicyclic) bond motifs is 2. The van der Waals surface area contributed by atoms with Crippen LogP contribution >= 0.6 is 0 Å². The highest BCUT2D eigenvalue weighted by molar-refractivity contribution is 5.80. The van der Waals surface area contributed by atoms with E-state index in [2.05, 4.69) is 9.97 Å². The molecule has 30 heavy (non-hydrogen) atoms. The summed E-state index contributed by atoms with van der Waals surface area (Å²) in [5.74, 6) is 1.51. The van der Waals surface area contributed by atoms with Gasteiger partial charge in [0.1, 0.15) is 11.5 Å². The molecule has 4 heterocycles. The fourth-order valence-corrected chi connectivity index (χ4v) is 4.37. The van der Waals surface area contributed by atoms with Gasteiger partial charge in [0.2, 0.25) is 11.8 Å². The third kappa shape index (κ3) is 3.08. The van der Waals surface area contributed by atoms with Crippen LogP contribution in [0.4, 0.5) is 0 Å². The summed E-state index contributed by atoms with van der Waals surface area (Å²) in [6.45, 7) is 3.22. The summed E-state index contributed by atoms with van der Waals surface area (Å²) in [5.41, 5.74) is 4.06. The molecule has 8 heteroatoms. The molecule has 1 saturated heterocycles. The zero-order valence-corrected chi connectivity index (χ0v) is 16.7. The van der Waals surface area contributed by atoms with Crippen molar-refractivity contribution in [2.24, 2.45) is 0 Å². The predicted octanol–water partition coefficient (Wildman–Crippen LogP) is 2.54. The van der Waals surface area contributed by atoms with Crippen LogP contribution in [-0.2, 0) is 11.2 Å². The maximum atomic E-state index is 12.0. The minimum Gasteiger partial charge on any atom is -0.507 e. The second-order valence-corrected chi connectivity index (χ2v) is 7.86. The summed E-state index contributed by atoms with van der Waals surface area (Å²) in [7, 11) is 0. The van der Waals surface area contributed by atoms with Gasteiger partial charge >= 0.3 is 0 Å². The normalized spacial score (nSPS) is 18.7. The molecule has 1 atom stereocenters. The number of aryl methyl sites for hydroxylation is 1. The molecule has 0 bridgehead atoms. The summed E-state index contributed by atoms with van der Waals surface area (Å²) in [6, 6.07) is 5.58. The number of β-amino-alcohol motifs (C(OH)–C–C–N with tert-alkyl or cyclic N) is 1. The number of phenols is 1. The highest BCUT2D eigenvalue weighted by Crippen LogP contribution is 2.42. The lowest BCUT2D eigenvalue weighted by atomic mass is 9.97. The van der Waals surface area contributed by atoms with E-state index in [-0.39, 0.29) is 24.2 Å². The number of carbonyl (C=O) groups is 1. The predicted molar refractivity (Wildman–Crippen MR) is 108 cm³/mol. The van der Waals surface area contributed by atoms with E-state index in [1.165, 1.54) is 0 Å². The van der Waals surface area contributed by atoms with Crippen LogP contribution in [0.2, 0.25) is 0 Å². The molecular formula is C22H23N3O5. The fourth-order valence-electron chi connectivity index (χ4n) is 4.37. The van der Waals surface area contributed by atoms with Crippen LogP contribution < -0.4 is 4.74 Å². The molecule has 1 amide bonds. The number of phenolic OH excluding ortho intramolecular Hbond substituents is 1. The van der Waals surface area contributed by atoms with E-state index in [0.717, 1.165) is 16.9 Å². The number of ether oxygens (including phenoxy) is 1. The van der Waals surface area contributed by atoms with Crippen molar-refractivity contribution in [3.63, 3.8) is 0 Å². The van der Waals surface area contributed by atoms with Crippen molar-refractivity contribution in [3.05, 3.63) is 35.2 Å². The van der Waals surface area contributed by atoms with Gasteiger partial charge in [0.05, 0.1) is 24.8 Å². The van der Waals surface area contributed by atoms with Gasteiger partial charge in [-0.2, -0.15) is 4.98 Å². The molecule has 0 radical (unpaired) electrons. The quantitative estimate of drug-likeness (QED) is 0.681. The molecule has 5 rings (SSSR count). The monoisotopic (exact) mass is 409 g/mol. The number of oxazole rings is 1. The maximum Gasteiger partial charge on any atom is 0.222 e. The van der Waals surface area contributed by atoms with Crippen molar-refractivity contribution in [2.75, 3.05) is 26.3 Å². The summed E-state index contributed by atoms with van der Waals surface area (Å²) < 4.78 is 11.5. The van der Waals surface area contributed by atoms with E-state index in [0.29, 0.717) is 67.3 Å². The second-order valence-electron chi connectivity index (χ2n) is 7.86. The van der Waals surface area contributed by atoms with Gasteiger partial charge in [0.25, 0.3) is 0 Å². The summed E-state index contributed by atoms with van der Waals surface area (Å²) >= 11 is 0. The first-order valence-electron chi connectivity index (χ1n) is 10.2. The number of benzene rings is 1. The number of aromatic hydroxyl groups is 1. The molecule has 2 aliphatic heterocycles. The standard InChI is InChI=1S/C22H23N3O5/c1-12-10-17-14(6-9-29-17)20(28)19(12)15-3-4-16-21(23-15)24-22(30-16)13-2-5-18(27)25(11-13)7-8-26/h3-4,10,13,26,28H,2,5-9,11H2,1H3/t13-/m0/s1. The molecular weight excluding hydrogens is 386 g/mol. The number of pyridine rings is 1. The van der Waals surface area contributed by atoms with Crippen LogP contribution in [0.15, 0.2) is 22.6 Å². The molecule has 3 aromatic rings. The van der Waals surface area contributed by atoms with E-state index in [9.17, 15) is 15.0 Å². The first-order valence-corrected chi connectivity index (χ1v) is 10.2. The van der Waals surface area contributed by atoms with Gasteiger partial charge in [0, 0.05) is 37.1 Å². The summed E-state index contributed by atoms with van der Waals surface area (Å²) in [5, 5.41) is 20.0. The zero-order valence-electron chi connectivity index (χ0n) is 16.7.